The fraction of sp³-hybridized carbons (Fsp3) is 0.385. The van der Waals surface area contributed by atoms with E-state index < -0.39 is 0 Å². The second-order valence-electron chi connectivity index (χ2n) is 16.4. The van der Waals surface area contributed by atoms with Gasteiger partial charge in [0.15, 0.2) is 0 Å². The van der Waals surface area contributed by atoms with Crippen LogP contribution in [-0.2, 0) is 29.0 Å². The molecule has 10 nitrogen and oxygen atoms in total. The first-order chi connectivity index (χ1) is 30.2. The van der Waals surface area contributed by atoms with Crippen molar-refractivity contribution >= 4 is 11.8 Å². The molecule has 3 atom stereocenters. The van der Waals surface area contributed by atoms with Crippen molar-refractivity contribution in [1.29, 1.82) is 0 Å². The van der Waals surface area contributed by atoms with Crippen LogP contribution < -0.4 is 0 Å². The molecule has 324 valence electrons. The Morgan fingerprint density at radius 1 is 0.694 bits per heavy atom. The lowest BCUT2D eigenvalue weighted by Crippen LogP contribution is -2.43. The maximum Gasteiger partial charge on any atom is 0.244 e. The Bertz CT molecular complexity index is 2380. The monoisotopic (exact) mass is 833 g/mol. The van der Waals surface area contributed by atoms with Crippen molar-refractivity contribution in [3.05, 3.63) is 143 Å². The molecule has 62 heavy (non-hydrogen) atoms. The first kappa shape index (κ1) is 44.2. The largest absolute Gasteiger partial charge is 0.344 e. The van der Waals surface area contributed by atoms with E-state index >= 15 is 0 Å². The van der Waals surface area contributed by atoms with Crippen LogP contribution >= 0.6 is 0 Å². The molecule has 0 fully saturated rings. The van der Waals surface area contributed by atoms with Gasteiger partial charge < -0.3 is 19.8 Å². The third-order valence-corrected chi connectivity index (χ3v) is 12.7. The number of nitrogens with zero attached hydrogens (tertiary/aromatic N) is 6. The number of amides is 2. The van der Waals surface area contributed by atoms with Gasteiger partial charge in [-0.3, -0.25) is 19.4 Å². The molecular formula is C52H64N8O2. The van der Waals surface area contributed by atoms with Crippen LogP contribution in [0.1, 0.15) is 107 Å². The molecule has 7 rings (SSSR count). The number of fused-ring (bicyclic) bond motifs is 3. The van der Waals surface area contributed by atoms with E-state index in [0.29, 0.717) is 13.1 Å². The fourth-order valence-electron chi connectivity index (χ4n) is 9.06. The summed E-state index contributed by atoms with van der Waals surface area (Å²) < 4.78 is 0. The number of carbonyl (C=O) groups excluding carboxylic acids is 2. The highest BCUT2D eigenvalue weighted by Gasteiger charge is 2.33. The lowest BCUT2D eigenvalue weighted by atomic mass is 9.95. The summed E-state index contributed by atoms with van der Waals surface area (Å²) in [6.07, 6.45) is 5.61. The number of aromatic nitrogens is 4. The number of hydrogen-bond donors (Lipinski definition) is 2. The average Bonchev–Trinajstić information content (AvgIpc) is 3.93. The van der Waals surface area contributed by atoms with Crippen LogP contribution in [0.15, 0.2) is 109 Å². The summed E-state index contributed by atoms with van der Waals surface area (Å²) >= 11 is 0. The van der Waals surface area contributed by atoms with Crippen molar-refractivity contribution in [1.82, 2.24) is 39.5 Å². The van der Waals surface area contributed by atoms with Crippen molar-refractivity contribution in [2.24, 2.45) is 0 Å². The van der Waals surface area contributed by atoms with Crippen LogP contribution in [0.2, 0.25) is 0 Å². The van der Waals surface area contributed by atoms with Crippen LogP contribution in [0, 0.1) is 0 Å². The molecule has 1 aliphatic rings. The number of nitrogens with one attached hydrogen (secondary N) is 2. The maximum absolute atomic E-state index is 14.2. The van der Waals surface area contributed by atoms with E-state index in [9.17, 15) is 9.59 Å². The average molecular weight is 833 g/mol. The minimum absolute atomic E-state index is 0.0664. The summed E-state index contributed by atoms with van der Waals surface area (Å²) in [4.78, 5) is 53.8. The molecule has 0 saturated carbocycles. The van der Waals surface area contributed by atoms with Gasteiger partial charge in [0, 0.05) is 24.8 Å². The Morgan fingerprint density at radius 3 is 1.87 bits per heavy atom. The van der Waals surface area contributed by atoms with Crippen molar-refractivity contribution in [3.63, 3.8) is 0 Å². The van der Waals surface area contributed by atoms with Gasteiger partial charge in [-0.15, -0.1) is 0 Å². The molecule has 2 heterocycles. The molecular weight excluding hydrogens is 769 g/mol. The number of aromatic amines is 2. The Morgan fingerprint density at radius 2 is 1.27 bits per heavy atom. The van der Waals surface area contributed by atoms with Gasteiger partial charge in [0.25, 0.3) is 0 Å². The molecule has 0 saturated heterocycles. The number of carbonyl (C=O) groups is 2. The quantitative estimate of drug-likeness (QED) is 0.0894. The van der Waals surface area contributed by atoms with Gasteiger partial charge in [-0.05, 0) is 92.2 Å². The Hall–Kier alpha value is -5.84. The second kappa shape index (κ2) is 20.4. The molecule has 2 N–H and O–H groups in total. The molecule has 10 heteroatoms. The number of rotatable bonds is 18. The van der Waals surface area contributed by atoms with E-state index in [-0.39, 0.29) is 29.9 Å². The van der Waals surface area contributed by atoms with Crippen LogP contribution in [0.3, 0.4) is 0 Å². The zero-order valence-electron chi connectivity index (χ0n) is 37.7. The molecule has 2 amide bonds. The normalized spacial score (nSPS) is 13.9. The van der Waals surface area contributed by atoms with Crippen molar-refractivity contribution in [2.75, 3.05) is 39.8 Å². The lowest BCUT2D eigenvalue weighted by Gasteiger charge is -2.34. The third-order valence-electron chi connectivity index (χ3n) is 12.7. The van der Waals surface area contributed by atoms with Crippen molar-refractivity contribution < 1.29 is 9.59 Å². The van der Waals surface area contributed by atoms with E-state index in [4.69, 9.17) is 9.97 Å². The number of hydrogen-bond acceptors (Lipinski definition) is 6. The standard InChI is InChI=1S/C52H64N8O2/c1-8-32-60(52(62)49(59(11-4)12-5)40-22-17-14-18-23-40)35-46-53-34-45(54-46)38-28-26-37(27-29-38)41-30-31-43-42(33-41)24-19-25-44-47(43)56-50(55-44)36(6)57(7)51(61)48(58(9-2)10-3)39-20-15-13-16-21-39/h13-18,20-23,26-31,33-34,36,48-49H,8-12,19,24-25,32,35H2,1-7H3,(H,53,54)(H,55,56)/t36-,48+,49+/m0/s1. The van der Waals surface area contributed by atoms with E-state index in [0.717, 1.165) is 114 Å². The SMILES string of the molecule is CCCN(Cc1ncc(-c2ccc(-c3ccc4c(c3)CCCc3[nH]c([C@H](C)N(C)C(=O)[C@@H](c5ccccc5)N(CC)CC)nc3-4)cc2)[nH]1)C(=O)[C@@H](c1ccccc1)N(CC)CC. The predicted octanol–water partition coefficient (Wildman–Crippen LogP) is 10.0. The Labute approximate surface area is 368 Å². The molecule has 0 radical (unpaired) electrons. The molecule has 0 aliphatic heterocycles. The molecule has 0 unspecified atom stereocenters. The molecule has 0 bridgehead atoms. The third kappa shape index (κ3) is 9.47. The van der Waals surface area contributed by atoms with Gasteiger partial charge in [-0.25, -0.2) is 9.97 Å². The zero-order valence-corrected chi connectivity index (χ0v) is 37.7. The van der Waals surface area contributed by atoms with Crippen LogP contribution in [-0.4, -0.2) is 91.1 Å². The van der Waals surface area contributed by atoms with Gasteiger partial charge >= 0.3 is 0 Å². The summed E-state index contributed by atoms with van der Waals surface area (Å²) in [5.74, 6) is 1.75. The first-order valence-corrected chi connectivity index (χ1v) is 22.7. The molecule has 0 spiro atoms. The van der Waals surface area contributed by atoms with Crippen LogP contribution in [0.4, 0.5) is 0 Å². The van der Waals surface area contributed by atoms with E-state index in [1.165, 1.54) is 5.56 Å². The predicted molar refractivity (Wildman–Crippen MR) is 250 cm³/mol. The van der Waals surface area contributed by atoms with E-state index in [1.807, 2.05) is 71.6 Å². The summed E-state index contributed by atoms with van der Waals surface area (Å²) in [5.41, 5.74) is 10.9. The van der Waals surface area contributed by atoms with Crippen molar-refractivity contribution in [2.45, 2.75) is 91.9 Å². The second-order valence-corrected chi connectivity index (χ2v) is 16.4. The Kier molecular flexibility index (Phi) is 14.5. The van der Waals surface area contributed by atoms with Gasteiger partial charge in [-0.2, -0.15) is 0 Å². The highest BCUT2D eigenvalue weighted by atomic mass is 16.2. The minimum atomic E-state index is -0.355. The molecule has 2 aromatic heterocycles. The van der Waals surface area contributed by atoms with Gasteiger partial charge in [0.1, 0.15) is 23.7 Å². The Balaban J connectivity index is 1.06. The summed E-state index contributed by atoms with van der Waals surface area (Å²) in [6.45, 7) is 16.8. The molecule has 6 aromatic rings. The van der Waals surface area contributed by atoms with E-state index in [1.54, 1.807) is 0 Å². The molecule has 1 aliphatic carbocycles. The van der Waals surface area contributed by atoms with Gasteiger partial charge in [0.2, 0.25) is 11.8 Å². The lowest BCUT2D eigenvalue weighted by molar-refractivity contribution is -0.138. The number of benzene rings is 4. The smallest absolute Gasteiger partial charge is 0.244 e. The number of likely N-dealkylation sites (N-methyl/N-ethyl adjacent to an activating group) is 3. The van der Waals surface area contributed by atoms with Gasteiger partial charge in [-0.1, -0.05) is 138 Å². The van der Waals surface area contributed by atoms with E-state index in [2.05, 4.69) is 116 Å². The summed E-state index contributed by atoms with van der Waals surface area (Å²) in [5, 5.41) is 0. The first-order valence-electron chi connectivity index (χ1n) is 22.7. The fourth-order valence-corrected chi connectivity index (χ4v) is 9.06. The zero-order chi connectivity index (χ0) is 43.8. The topological polar surface area (TPSA) is 104 Å². The number of aryl methyl sites for hydroxylation is 2. The number of imidazole rings is 2. The molecule has 4 aromatic carbocycles. The number of H-pyrrole nitrogens is 2. The summed E-state index contributed by atoms with van der Waals surface area (Å²) in [7, 11) is 1.90. The highest BCUT2D eigenvalue weighted by Crippen LogP contribution is 2.36. The maximum atomic E-state index is 14.2. The summed E-state index contributed by atoms with van der Waals surface area (Å²) in [6, 6.07) is 34.6. The van der Waals surface area contributed by atoms with Crippen LogP contribution in [0.5, 0.6) is 0 Å². The van der Waals surface area contributed by atoms with Crippen molar-refractivity contribution in [3.8, 4) is 33.6 Å². The minimum Gasteiger partial charge on any atom is -0.344 e. The highest BCUT2D eigenvalue weighted by molar-refractivity contribution is 5.84. The van der Waals surface area contributed by atoms with Gasteiger partial charge in [0.05, 0.1) is 30.2 Å². The van der Waals surface area contributed by atoms with Crippen LogP contribution in [0.25, 0.3) is 33.6 Å².